The molecule has 1 aromatic heterocycles. The van der Waals surface area contributed by atoms with Crippen LogP contribution < -0.4 is 0 Å². The summed E-state index contributed by atoms with van der Waals surface area (Å²) in [6.07, 6.45) is 4.88. The molecule has 0 unspecified atom stereocenters. The zero-order valence-electron chi connectivity index (χ0n) is 9.60. The minimum absolute atomic E-state index is 0.187. The average molecular weight is 243 g/mol. The molecule has 1 fully saturated rings. The minimum Gasteiger partial charge on any atom is -0.332 e. The number of imidazole rings is 1. The SMILES string of the molecule is Cc1ncc(S(=O)(=O)N(C)CC2CCC2)[nH]1. The van der Waals surface area contributed by atoms with E-state index >= 15 is 0 Å². The van der Waals surface area contributed by atoms with E-state index in [-0.39, 0.29) is 5.03 Å². The van der Waals surface area contributed by atoms with Gasteiger partial charge >= 0.3 is 0 Å². The van der Waals surface area contributed by atoms with Gasteiger partial charge in [-0.1, -0.05) is 6.42 Å². The summed E-state index contributed by atoms with van der Waals surface area (Å²) in [5, 5.41) is 0.187. The van der Waals surface area contributed by atoms with Crippen molar-refractivity contribution in [1.82, 2.24) is 14.3 Å². The smallest absolute Gasteiger partial charge is 0.259 e. The highest BCUT2D eigenvalue weighted by atomic mass is 32.2. The molecule has 0 saturated heterocycles. The third-order valence-electron chi connectivity index (χ3n) is 3.11. The lowest BCUT2D eigenvalue weighted by Crippen LogP contribution is -2.34. The largest absolute Gasteiger partial charge is 0.332 e. The molecule has 0 aromatic carbocycles. The number of hydrogen-bond acceptors (Lipinski definition) is 3. The molecule has 0 bridgehead atoms. The number of hydrogen-bond donors (Lipinski definition) is 1. The van der Waals surface area contributed by atoms with Crippen LogP contribution in [0.3, 0.4) is 0 Å². The van der Waals surface area contributed by atoms with E-state index < -0.39 is 10.0 Å². The van der Waals surface area contributed by atoms with Crippen LogP contribution in [0.4, 0.5) is 0 Å². The summed E-state index contributed by atoms with van der Waals surface area (Å²) in [5.41, 5.74) is 0. The molecule has 1 saturated carbocycles. The maximum atomic E-state index is 12.1. The van der Waals surface area contributed by atoms with E-state index in [9.17, 15) is 8.42 Å². The molecule has 1 N–H and O–H groups in total. The van der Waals surface area contributed by atoms with Gasteiger partial charge in [-0.3, -0.25) is 0 Å². The second-order valence-electron chi connectivity index (χ2n) is 4.42. The Balaban J connectivity index is 2.11. The predicted molar refractivity (Wildman–Crippen MR) is 60.5 cm³/mol. The highest BCUT2D eigenvalue weighted by Crippen LogP contribution is 2.28. The van der Waals surface area contributed by atoms with Crippen LogP contribution in [0.1, 0.15) is 25.1 Å². The standard InChI is InChI=1S/C10H17N3O2S/c1-8-11-6-10(12-8)16(14,15)13(2)7-9-4-3-5-9/h6,9H,3-5,7H2,1-2H3,(H,11,12). The topological polar surface area (TPSA) is 66.1 Å². The first-order valence-electron chi connectivity index (χ1n) is 5.48. The van der Waals surface area contributed by atoms with Crippen molar-refractivity contribution >= 4 is 10.0 Å². The van der Waals surface area contributed by atoms with Gasteiger partial charge in [-0.15, -0.1) is 0 Å². The van der Waals surface area contributed by atoms with Crippen LogP contribution in [0.2, 0.25) is 0 Å². The summed E-state index contributed by atoms with van der Waals surface area (Å²) >= 11 is 0. The molecule has 6 heteroatoms. The molecule has 1 aliphatic carbocycles. The van der Waals surface area contributed by atoms with Crippen LogP contribution in [0.25, 0.3) is 0 Å². The zero-order valence-corrected chi connectivity index (χ0v) is 10.4. The van der Waals surface area contributed by atoms with E-state index in [1.54, 1.807) is 14.0 Å². The lowest BCUT2D eigenvalue weighted by atomic mass is 9.86. The van der Waals surface area contributed by atoms with Gasteiger partial charge in [0.2, 0.25) is 0 Å². The highest BCUT2D eigenvalue weighted by molar-refractivity contribution is 7.89. The molecule has 1 heterocycles. The lowest BCUT2D eigenvalue weighted by molar-refractivity contribution is 0.262. The van der Waals surface area contributed by atoms with Crippen LogP contribution >= 0.6 is 0 Å². The van der Waals surface area contributed by atoms with Gasteiger partial charge in [-0.2, -0.15) is 4.31 Å². The van der Waals surface area contributed by atoms with Crippen molar-refractivity contribution in [2.24, 2.45) is 5.92 Å². The van der Waals surface area contributed by atoms with E-state index in [4.69, 9.17) is 0 Å². The number of H-pyrrole nitrogens is 1. The Kier molecular flexibility index (Phi) is 3.03. The quantitative estimate of drug-likeness (QED) is 0.862. The van der Waals surface area contributed by atoms with Crippen LogP contribution in [0, 0.1) is 12.8 Å². The van der Waals surface area contributed by atoms with Crippen molar-refractivity contribution in [3.63, 3.8) is 0 Å². The fourth-order valence-electron chi connectivity index (χ4n) is 1.83. The Hall–Kier alpha value is -0.880. The summed E-state index contributed by atoms with van der Waals surface area (Å²) in [4.78, 5) is 6.68. The number of nitrogens with zero attached hydrogens (tertiary/aromatic N) is 2. The Morgan fingerprint density at radius 3 is 2.69 bits per heavy atom. The molecule has 0 spiro atoms. The molecular weight excluding hydrogens is 226 g/mol. The summed E-state index contributed by atoms with van der Waals surface area (Å²) < 4.78 is 25.6. The van der Waals surface area contributed by atoms with E-state index in [0.717, 1.165) is 12.8 Å². The third kappa shape index (κ3) is 2.12. The molecule has 2 rings (SSSR count). The molecule has 0 atom stereocenters. The molecule has 5 nitrogen and oxygen atoms in total. The van der Waals surface area contributed by atoms with Crippen molar-refractivity contribution in [3.8, 4) is 0 Å². The van der Waals surface area contributed by atoms with Gasteiger partial charge in [-0.05, 0) is 25.7 Å². The fourth-order valence-corrected chi connectivity index (χ4v) is 3.04. The third-order valence-corrected chi connectivity index (χ3v) is 4.84. The van der Waals surface area contributed by atoms with Crippen molar-refractivity contribution in [2.45, 2.75) is 31.2 Å². The second kappa shape index (κ2) is 4.18. The summed E-state index contributed by atoms with van der Waals surface area (Å²) in [6, 6.07) is 0. The van der Waals surface area contributed by atoms with Crippen molar-refractivity contribution in [3.05, 3.63) is 12.0 Å². The molecule has 0 radical (unpaired) electrons. The average Bonchev–Trinajstić information content (AvgIpc) is 2.58. The summed E-state index contributed by atoms with van der Waals surface area (Å²) in [6.45, 7) is 2.35. The van der Waals surface area contributed by atoms with E-state index in [0.29, 0.717) is 18.3 Å². The summed E-state index contributed by atoms with van der Waals surface area (Å²) in [5.74, 6) is 1.15. The van der Waals surface area contributed by atoms with Gasteiger partial charge in [-0.25, -0.2) is 13.4 Å². The number of nitrogens with one attached hydrogen (secondary N) is 1. The van der Waals surface area contributed by atoms with Crippen LogP contribution in [0.5, 0.6) is 0 Å². The second-order valence-corrected chi connectivity index (χ2v) is 6.43. The van der Waals surface area contributed by atoms with E-state index in [1.807, 2.05) is 0 Å². The van der Waals surface area contributed by atoms with Gasteiger partial charge in [0.25, 0.3) is 10.0 Å². The first kappa shape index (κ1) is 11.6. The Morgan fingerprint density at radius 2 is 2.25 bits per heavy atom. The molecule has 16 heavy (non-hydrogen) atoms. The number of sulfonamides is 1. The van der Waals surface area contributed by atoms with Crippen LogP contribution in [-0.4, -0.2) is 36.3 Å². The Morgan fingerprint density at radius 1 is 1.56 bits per heavy atom. The van der Waals surface area contributed by atoms with Gasteiger partial charge in [0.1, 0.15) is 5.82 Å². The van der Waals surface area contributed by atoms with Gasteiger partial charge in [0.05, 0.1) is 6.20 Å². The first-order valence-corrected chi connectivity index (χ1v) is 6.92. The minimum atomic E-state index is -3.37. The number of aromatic nitrogens is 2. The first-order chi connectivity index (χ1) is 7.50. The maximum absolute atomic E-state index is 12.1. The lowest BCUT2D eigenvalue weighted by Gasteiger charge is -2.29. The summed E-state index contributed by atoms with van der Waals surface area (Å²) in [7, 11) is -1.75. The van der Waals surface area contributed by atoms with E-state index in [2.05, 4.69) is 9.97 Å². The fraction of sp³-hybridized carbons (Fsp3) is 0.700. The van der Waals surface area contributed by atoms with Crippen LogP contribution in [-0.2, 0) is 10.0 Å². The molecule has 1 aliphatic rings. The van der Waals surface area contributed by atoms with Crippen molar-refractivity contribution in [1.29, 1.82) is 0 Å². The zero-order chi connectivity index (χ0) is 11.8. The molecule has 0 aliphatic heterocycles. The van der Waals surface area contributed by atoms with Crippen molar-refractivity contribution < 1.29 is 8.42 Å². The van der Waals surface area contributed by atoms with Crippen LogP contribution in [0.15, 0.2) is 11.2 Å². The Labute approximate surface area is 95.9 Å². The Bertz CT molecular complexity index is 462. The van der Waals surface area contributed by atoms with Gasteiger partial charge in [0, 0.05) is 13.6 Å². The normalized spacial score (nSPS) is 17.7. The van der Waals surface area contributed by atoms with Crippen molar-refractivity contribution in [2.75, 3.05) is 13.6 Å². The predicted octanol–water partition coefficient (Wildman–Crippen LogP) is 1.14. The monoisotopic (exact) mass is 243 g/mol. The van der Waals surface area contributed by atoms with Gasteiger partial charge in [0.15, 0.2) is 5.03 Å². The molecule has 1 aromatic rings. The molecule has 0 amide bonds. The molecule has 90 valence electrons. The van der Waals surface area contributed by atoms with E-state index in [1.165, 1.54) is 16.9 Å². The highest BCUT2D eigenvalue weighted by Gasteiger charge is 2.27. The molecular formula is C10H17N3O2S. The number of aryl methyl sites for hydroxylation is 1. The number of aromatic amines is 1. The van der Waals surface area contributed by atoms with Gasteiger partial charge < -0.3 is 4.98 Å². The number of rotatable bonds is 4. The maximum Gasteiger partial charge on any atom is 0.259 e.